The number of hydrogen-bond donors (Lipinski definition) is 6. The molecule has 0 saturated carbocycles. The highest BCUT2D eigenvalue weighted by molar-refractivity contribution is 5.98. The average Bonchev–Trinajstić information content (AvgIpc) is 2.74. The fraction of sp³-hybridized carbons (Fsp3) is 0.0952. The van der Waals surface area contributed by atoms with E-state index in [4.69, 9.17) is 4.42 Å². The molecule has 0 spiro atoms. The molecule has 3 rings (SSSR count). The molecule has 0 aliphatic rings. The SMILES string of the molecule is O=C(NCc1cc(=O)cc(CNC(=O)c2cccc(O)c2O)o1)c1cccc(O)c1O. The molecule has 0 unspecified atom stereocenters. The van der Waals surface area contributed by atoms with Crippen molar-refractivity contribution in [1.82, 2.24) is 10.6 Å². The molecule has 0 fully saturated rings. The van der Waals surface area contributed by atoms with Crippen molar-refractivity contribution in [3.63, 3.8) is 0 Å². The van der Waals surface area contributed by atoms with E-state index in [0.717, 1.165) is 12.1 Å². The topological polar surface area (TPSA) is 169 Å². The average molecular weight is 426 g/mol. The number of carbonyl (C=O) groups is 2. The molecular weight excluding hydrogens is 408 g/mol. The predicted molar refractivity (Wildman–Crippen MR) is 107 cm³/mol. The Morgan fingerprint density at radius 2 is 1.16 bits per heavy atom. The summed E-state index contributed by atoms with van der Waals surface area (Å²) in [5, 5.41) is 43.3. The molecule has 10 heteroatoms. The van der Waals surface area contributed by atoms with Gasteiger partial charge in [-0.2, -0.15) is 0 Å². The summed E-state index contributed by atoms with van der Waals surface area (Å²) in [4.78, 5) is 36.3. The van der Waals surface area contributed by atoms with Gasteiger partial charge in [0.1, 0.15) is 11.5 Å². The summed E-state index contributed by atoms with van der Waals surface area (Å²) in [5.74, 6) is -3.27. The second kappa shape index (κ2) is 8.91. The molecule has 3 aromatic rings. The van der Waals surface area contributed by atoms with E-state index in [-0.39, 0.29) is 35.7 Å². The Labute approximate surface area is 175 Å². The smallest absolute Gasteiger partial charge is 0.255 e. The van der Waals surface area contributed by atoms with Crippen molar-refractivity contribution in [3.05, 3.63) is 81.4 Å². The molecule has 0 aliphatic heterocycles. The van der Waals surface area contributed by atoms with Crippen LogP contribution < -0.4 is 16.1 Å². The molecule has 160 valence electrons. The third-order valence-corrected chi connectivity index (χ3v) is 4.23. The summed E-state index contributed by atoms with van der Waals surface area (Å²) in [6.07, 6.45) is 0. The molecule has 0 bridgehead atoms. The molecule has 0 aliphatic carbocycles. The Balaban J connectivity index is 1.67. The van der Waals surface area contributed by atoms with Crippen LogP contribution in [0.4, 0.5) is 0 Å². The minimum Gasteiger partial charge on any atom is -0.504 e. The van der Waals surface area contributed by atoms with Crippen LogP contribution in [0.2, 0.25) is 0 Å². The monoisotopic (exact) mass is 426 g/mol. The Kier molecular flexibility index (Phi) is 6.10. The molecule has 0 saturated heterocycles. The first-order valence-corrected chi connectivity index (χ1v) is 8.97. The first-order chi connectivity index (χ1) is 14.8. The highest BCUT2D eigenvalue weighted by Gasteiger charge is 2.16. The molecule has 31 heavy (non-hydrogen) atoms. The maximum atomic E-state index is 12.2. The first-order valence-electron chi connectivity index (χ1n) is 8.97. The highest BCUT2D eigenvalue weighted by atomic mass is 16.3. The van der Waals surface area contributed by atoms with Gasteiger partial charge < -0.3 is 35.5 Å². The van der Waals surface area contributed by atoms with Crippen molar-refractivity contribution in [2.24, 2.45) is 0 Å². The van der Waals surface area contributed by atoms with Gasteiger partial charge in [0.05, 0.1) is 24.2 Å². The molecule has 0 atom stereocenters. The lowest BCUT2D eigenvalue weighted by molar-refractivity contribution is 0.0940. The van der Waals surface area contributed by atoms with Gasteiger partial charge in [0.2, 0.25) is 0 Å². The molecule has 1 heterocycles. The van der Waals surface area contributed by atoms with E-state index in [1.54, 1.807) is 0 Å². The summed E-state index contributed by atoms with van der Waals surface area (Å²) < 4.78 is 5.49. The molecule has 2 amide bonds. The molecule has 0 radical (unpaired) electrons. The zero-order valence-electron chi connectivity index (χ0n) is 16.0. The second-order valence-electron chi connectivity index (χ2n) is 6.44. The summed E-state index contributed by atoms with van der Waals surface area (Å²) in [6, 6.07) is 10.1. The molecule has 10 nitrogen and oxygen atoms in total. The van der Waals surface area contributed by atoms with Crippen molar-refractivity contribution in [2.75, 3.05) is 0 Å². The Morgan fingerprint density at radius 3 is 1.58 bits per heavy atom. The number of amides is 2. The van der Waals surface area contributed by atoms with Crippen molar-refractivity contribution in [3.8, 4) is 23.0 Å². The maximum Gasteiger partial charge on any atom is 0.255 e. The van der Waals surface area contributed by atoms with E-state index in [1.165, 1.54) is 36.4 Å². The summed E-state index contributed by atoms with van der Waals surface area (Å²) in [6.45, 7) is -0.392. The molecular formula is C21H18N2O8. The third kappa shape index (κ3) is 4.93. The first kappa shape index (κ1) is 21.2. The normalized spacial score (nSPS) is 10.5. The van der Waals surface area contributed by atoms with Gasteiger partial charge in [0, 0.05) is 12.1 Å². The van der Waals surface area contributed by atoms with Crippen LogP contribution in [0.5, 0.6) is 23.0 Å². The third-order valence-electron chi connectivity index (χ3n) is 4.23. The van der Waals surface area contributed by atoms with Crippen LogP contribution in [0, 0.1) is 0 Å². The van der Waals surface area contributed by atoms with Gasteiger partial charge in [-0.05, 0) is 24.3 Å². The summed E-state index contributed by atoms with van der Waals surface area (Å²) >= 11 is 0. The van der Waals surface area contributed by atoms with Gasteiger partial charge in [0.15, 0.2) is 28.4 Å². The van der Waals surface area contributed by atoms with Crippen LogP contribution >= 0.6 is 0 Å². The Morgan fingerprint density at radius 1 is 0.742 bits per heavy atom. The van der Waals surface area contributed by atoms with Crippen molar-refractivity contribution >= 4 is 11.8 Å². The zero-order chi connectivity index (χ0) is 22.5. The molecule has 1 aromatic heterocycles. The van der Waals surface area contributed by atoms with Crippen LogP contribution in [0.25, 0.3) is 0 Å². The van der Waals surface area contributed by atoms with E-state index >= 15 is 0 Å². The number of phenolic OH excluding ortho intramolecular Hbond substituents is 4. The lowest BCUT2D eigenvalue weighted by Crippen LogP contribution is -2.25. The number of carbonyl (C=O) groups excluding carboxylic acids is 2. The minimum absolute atomic E-state index is 0.0879. The van der Waals surface area contributed by atoms with E-state index in [0.29, 0.717) is 0 Å². The van der Waals surface area contributed by atoms with E-state index in [2.05, 4.69) is 10.6 Å². The highest BCUT2D eigenvalue weighted by Crippen LogP contribution is 2.28. The predicted octanol–water partition coefficient (Wildman–Crippen LogP) is 1.32. The van der Waals surface area contributed by atoms with E-state index < -0.39 is 40.2 Å². The number of para-hydroxylation sites is 2. The van der Waals surface area contributed by atoms with Gasteiger partial charge in [-0.25, -0.2) is 0 Å². The van der Waals surface area contributed by atoms with Crippen molar-refractivity contribution in [1.29, 1.82) is 0 Å². The fourth-order valence-electron chi connectivity index (χ4n) is 2.71. The van der Waals surface area contributed by atoms with Crippen LogP contribution in [0.1, 0.15) is 32.2 Å². The molecule has 2 aromatic carbocycles. The second-order valence-corrected chi connectivity index (χ2v) is 6.44. The van der Waals surface area contributed by atoms with Gasteiger partial charge in [-0.15, -0.1) is 0 Å². The lowest BCUT2D eigenvalue weighted by Gasteiger charge is -2.10. The van der Waals surface area contributed by atoms with Crippen LogP contribution in [-0.2, 0) is 13.1 Å². The van der Waals surface area contributed by atoms with Crippen LogP contribution in [0.3, 0.4) is 0 Å². The van der Waals surface area contributed by atoms with Crippen molar-refractivity contribution < 1.29 is 34.4 Å². The van der Waals surface area contributed by atoms with E-state index in [1.807, 2.05) is 0 Å². The Bertz CT molecular complexity index is 1110. The number of phenols is 4. The number of aromatic hydroxyl groups is 4. The quantitative estimate of drug-likeness (QED) is 0.321. The van der Waals surface area contributed by atoms with Crippen LogP contribution in [0.15, 0.2) is 57.7 Å². The fourth-order valence-corrected chi connectivity index (χ4v) is 2.71. The largest absolute Gasteiger partial charge is 0.504 e. The Hall–Kier alpha value is -4.47. The standard InChI is InChI=1S/C21H18N2O8/c24-11-7-12(9-22-20(29)14-3-1-5-16(25)18(14)27)31-13(8-11)10-23-21(30)15-4-2-6-17(26)19(15)28/h1-8,25-28H,9-10H2,(H,22,29)(H,23,30). The zero-order valence-corrected chi connectivity index (χ0v) is 16.0. The maximum absolute atomic E-state index is 12.2. The number of hydrogen-bond acceptors (Lipinski definition) is 8. The van der Waals surface area contributed by atoms with Gasteiger partial charge in [-0.3, -0.25) is 14.4 Å². The summed E-state index contributed by atoms with van der Waals surface area (Å²) in [7, 11) is 0. The number of rotatable bonds is 6. The van der Waals surface area contributed by atoms with Crippen LogP contribution in [-0.4, -0.2) is 32.2 Å². The minimum atomic E-state index is -0.700. The van der Waals surface area contributed by atoms with Gasteiger partial charge in [0.25, 0.3) is 11.8 Å². The number of nitrogens with one attached hydrogen (secondary N) is 2. The van der Waals surface area contributed by atoms with Gasteiger partial charge >= 0.3 is 0 Å². The summed E-state index contributed by atoms with van der Waals surface area (Å²) in [5.41, 5.74) is -0.742. The molecule has 6 N–H and O–H groups in total. The van der Waals surface area contributed by atoms with Crippen molar-refractivity contribution in [2.45, 2.75) is 13.1 Å². The lowest BCUT2D eigenvalue weighted by atomic mass is 10.1. The van der Waals surface area contributed by atoms with Gasteiger partial charge in [-0.1, -0.05) is 12.1 Å². The number of benzene rings is 2. The van der Waals surface area contributed by atoms with E-state index in [9.17, 15) is 34.8 Å².